The molecule has 2 heterocycles. The summed E-state index contributed by atoms with van der Waals surface area (Å²) in [6.45, 7) is 6.57. The molecule has 0 spiro atoms. The van der Waals surface area contributed by atoms with Gasteiger partial charge in [0.15, 0.2) is 10.3 Å². The number of aryl methyl sites for hydroxylation is 1. The van der Waals surface area contributed by atoms with Crippen molar-refractivity contribution < 1.29 is 4.79 Å². The number of nitrogens with one attached hydrogen (secondary N) is 1. The van der Waals surface area contributed by atoms with Crippen LogP contribution in [-0.2, 0) is 17.8 Å². The standard InChI is InChI=1S/C14H19N5OS2/c1-3-5-6-11-17-18-14(19(11)8-4-2)22-10-12(20)16-13-15-7-9-21-13/h4,7,9H,2-3,5-6,8,10H2,1H3,(H,15,16,20). The third kappa shape index (κ3) is 4.67. The Morgan fingerprint density at radius 1 is 1.55 bits per heavy atom. The molecule has 2 aromatic rings. The molecule has 0 aromatic carbocycles. The lowest BCUT2D eigenvalue weighted by Crippen LogP contribution is -2.14. The molecule has 0 saturated heterocycles. The van der Waals surface area contributed by atoms with E-state index in [1.807, 2.05) is 16.0 Å². The van der Waals surface area contributed by atoms with Crippen LogP contribution in [0.5, 0.6) is 0 Å². The summed E-state index contributed by atoms with van der Waals surface area (Å²) < 4.78 is 2.02. The zero-order chi connectivity index (χ0) is 15.8. The first-order valence-corrected chi connectivity index (χ1v) is 8.96. The predicted octanol–water partition coefficient (Wildman–Crippen LogP) is 2.99. The summed E-state index contributed by atoms with van der Waals surface area (Å²) in [6.07, 6.45) is 6.56. The molecule has 6 nitrogen and oxygen atoms in total. The monoisotopic (exact) mass is 337 g/mol. The Hall–Kier alpha value is -1.67. The first-order chi connectivity index (χ1) is 10.7. The summed E-state index contributed by atoms with van der Waals surface area (Å²) in [4.78, 5) is 15.9. The molecule has 0 fully saturated rings. The Kier molecular flexibility index (Phi) is 6.60. The van der Waals surface area contributed by atoms with E-state index in [9.17, 15) is 4.79 Å². The molecule has 1 amide bonds. The molecular weight excluding hydrogens is 318 g/mol. The number of hydrogen-bond acceptors (Lipinski definition) is 6. The number of anilines is 1. The highest BCUT2D eigenvalue weighted by atomic mass is 32.2. The number of allylic oxidation sites excluding steroid dienone is 1. The molecule has 0 saturated carbocycles. The normalized spacial score (nSPS) is 10.6. The Morgan fingerprint density at radius 3 is 3.09 bits per heavy atom. The highest BCUT2D eigenvalue weighted by Gasteiger charge is 2.13. The largest absolute Gasteiger partial charge is 0.302 e. The summed E-state index contributed by atoms with van der Waals surface area (Å²) in [6, 6.07) is 0. The SMILES string of the molecule is C=CCn1c(CCCC)nnc1SCC(=O)Nc1nccs1. The molecule has 2 aromatic heterocycles. The highest BCUT2D eigenvalue weighted by Crippen LogP contribution is 2.19. The maximum absolute atomic E-state index is 11.9. The number of aromatic nitrogens is 4. The summed E-state index contributed by atoms with van der Waals surface area (Å²) in [7, 11) is 0. The van der Waals surface area contributed by atoms with Crippen LogP contribution < -0.4 is 5.32 Å². The number of thiazole rings is 1. The van der Waals surface area contributed by atoms with Crippen molar-refractivity contribution in [2.45, 2.75) is 37.9 Å². The van der Waals surface area contributed by atoms with Crippen molar-refractivity contribution in [1.82, 2.24) is 19.7 Å². The number of amides is 1. The van der Waals surface area contributed by atoms with Gasteiger partial charge in [0.25, 0.3) is 0 Å². The Morgan fingerprint density at radius 2 is 2.41 bits per heavy atom. The van der Waals surface area contributed by atoms with Crippen LogP contribution in [0.2, 0.25) is 0 Å². The number of hydrogen-bond donors (Lipinski definition) is 1. The van der Waals surface area contributed by atoms with Crippen molar-refractivity contribution in [3.63, 3.8) is 0 Å². The molecule has 0 unspecified atom stereocenters. The van der Waals surface area contributed by atoms with Gasteiger partial charge in [0.05, 0.1) is 5.75 Å². The number of thioether (sulfide) groups is 1. The molecule has 0 atom stereocenters. The Labute approximate surface area is 138 Å². The fourth-order valence-corrected chi connectivity index (χ4v) is 3.14. The van der Waals surface area contributed by atoms with E-state index in [2.05, 4.69) is 34.0 Å². The van der Waals surface area contributed by atoms with E-state index in [-0.39, 0.29) is 11.7 Å². The van der Waals surface area contributed by atoms with E-state index in [0.717, 1.165) is 30.2 Å². The minimum Gasteiger partial charge on any atom is -0.302 e. The maximum Gasteiger partial charge on any atom is 0.236 e. The van der Waals surface area contributed by atoms with E-state index >= 15 is 0 Å². The topological polar surface area (TPSA) is 72.7 Å². The van der Waals surface area contributed by atoms with Gasteiger partial charge in [-0.3, -0.25) is 4.79 Å². The van der Waals surface area contributed by atoms with Crippen molar-refractivity contribution >= 4 is 34.1 Å². The van der Waals surface area contributed by atoms with E-state index in [4.69, 9.17) is 0 Å². The average Bonchev–Trinajstić information content (AvgIpc) is 3.14. The van der Waals surface area contributed by atoms with Gasteiger partial charge in [-0.1, -0.05) is 31.2 Å². The fraction of sp³-hybridized carbons (Fsp3) is 0.429. The molecule has 0 aliphatic heterocycles. The first-order valence-electron chi connectivity index (χ1n) is 7.09. The third-order valence-corrected chi connectivity index (χ3v) is 4.53. The molecule has 22 heavy (non-hydrogen) atoms. The van der Waals surface area contributed by atoms with Gasteiger partial charge in [-0.2, -0.15) is 0 Å². The van der Waals surface area contributed by atoms with Crippen molar-refractivity contribution in [2.75, 3.05) is 11.1 Å². The Bertz CT molecular complexity index is 609. The van der Waals surface area contributed by atoms with Gasteiger partial charge in [0, 0.05) is 24.5 Å². The number of rotatable bonds is 9. The number of nitrogens with zero attached hydrogens (tertiary/aromatic N) is 4. The molecule has 0 radical (unpaired) electrons. The molecule has 118 valence electrons. The second kappa shape index (κ2) is 8.70. The van der Waals surface area contributed by atoms with Crippen LogP contribution in [-0.4, -0.2) is 31.4 Å². The van der Waals surface area contributed by atoms with E-state index in [1.165, 1.54) is 23.1 Å². The van der Waals surface area contributed by atoms with Crippen LogP contribution in [0.4, 0.5) is 5.13 Å². The molecule has 8 heteroatoms. The zero-order valence-corrected chi connectivity index (χ0v) is 14.1. The van der Waals surface area contributed by atoms with E-state index < -0.39 is 0 Å². The summed E-state index contributed by atoms with van der Waals surface area (Å²) >= 11 is 2.78. The maximum atomic E-state index is 11.9. The Balaban J connectivity index is 1.94. The first kappa shape index (κ1) is 16.7. The predicted molar refractivity (Wildman–Crippen MR) is 90.3 cm³/mol. The molecule has 2 rings (SSSR count). The van der Waals surface area contributed by atoms with Gasteiger partial charge in [0.2, 0.25) is 5.91 Å². The van der Waals surface area contributed by atoms with Crippen LogP contribution >= 0.6 is 23.1 Å². The summed E-state index contributed by atoms with van der Waals surface area (Å²) in [5.74, 6) is 1.13. The average molecular weight is 337 g/mol. The van der Waals surface area contributed by atoms with Gasteiger partial charge in [-0.05, 0) is 6.42 Å². The summed E-state index contributed by atoms with van der Waals surface area (Å²) in [5.41, 5.74) is 0. The van der Waals surface area contributed by atoms with Crippen LogP contribution in [0.3, 0.4) is 0 Å². The lowest BCUT2D eigenvalue weighted by molar-refractivity contribution is -0.113. The van der Waals surface area contributed by atoms with Crippen LogP contribution in [0.25, 0.3) is 0 Å². The van der Waals surface area contributed by atoms with E-state index in [0.29, 0.717) is 11.7 Å². The van der Waals surface area contributed by atoms with Crippen LogP contribution in [0.1, 0.15) is 25.6 Å². The molecule has 0 aliphatic carbocycles. The van der Waals surface area contributed by atoms with Crippen molar-refractivity contribution in [1.29, 1.82) is 0 Å². The molecule has 0 aliphatic rings. The second-order valence-electron chi connectivity index (χ2n) is 4.58. The van der Waals surface area contributed by atoms with Crippen molar-refractivity contribution in [3.05, 3.63) is 30.1 Å². The van der Waals surface area contributed by atoms with Gasteiger partial charge in [0.1, 0.15) is 5.82 Å². The number of carbonyl (C=O) groups is 1. The van der Waals surface area contributed by atoms with E-state index in [1.54, 1.807) is 6.20 Å². The molecule has 0 bridgehead atoms. The lowest BCUT2D eigenvalue weighted by atomic mass is 10.2. The smallest absolute Gasteiger partial charge is 0.236 e. The zero-order valence-electron chi connectivity index (χ0n) is 12.5. The number of unbranched alkanes of at least 4 members (excludes halogenated alkanes) is 1. The minimum absolute atomic E-state index is 0.0942. The van der Waals surface area contributed by atoms with Crippen molar-refractivity contribution in [3.8, 4) is 0 Å². The molecule has 1 N–H and O–H groups in total. The quantitative estimate of drug-likeness (QED) is 0.562. The lowest BCUT2D eigenvalue weighted by Gasteiger charge is -2.07. The molecular formula is C14H19N5OS2. The van der Waals surface area contributed by atoms with Crippen LogP contribution in [0.15, 0.2) is 29.4 Å². The second-order valence-corrected chi connectivity index (χ2v) is 6.41. The highest BCUT2D eigenvalue weighted by molar-refractivity contribution is 7.99. The van der Waals surface area contributed by atoms with Gasteiger partial charge >= 0.3 is 0 Å². The fourth-order valence-electron chi connectivity index (χ4n) is 1.83. The van der Waals surface area contributed by atoms with Gasteiger partial charge < -0.3 is 9.88 Å². The van der Waals surface area contributed by atoms with Crippen molar-refractivity contribution in [2.24, 2.45) is 0 Å². The number of carbonyl (C=O) groups excluding carboxylic acids is 1. The van der Waals surface area contributed by atoms with Crippen LogP contribution in [0, 0.1) is 0 Å². The third-order valence-electron chi connectivity index (χ3n) is 2.87. The van der Waals surface area contributed by atoms with Gasteiger partial charge in [-0.15, -0.1) is 28.1 Å². The van der Waals surface area contributed by atoms with Gasteiger partial charge in [-0.25, -0.2) is 4.98 Å². The summed E-state index contributed by atoms with van der Waals surface area (Å²) in [5, 5.41) is 14.4. The minimum atomic E-state index is -0.0942.